The van der Waals surface area contributed by atoms with Crippen LogP contribution in [-0.2, 0) is 4.79 Å². The summed E-state index contributed by atoms with van der Waals surface area (Å²) in [5.41, 5.74) is 4.22. The summed E-state index contributed by atoms with van der Waals surface area (Å²) in [5.74, 6) is -0.128. The molecule has 0 saturated heterocycles. The van der Waals surface area contributed by atoms with E-state index in [1.807, 2.05) is 35.0 Å². The van der Waals surface area contributed by atoms with E-state index in [1.54, 1.807) is 30.5 Å². The fourth-order valence-corrected chi connectivity index (χ4v) is 3.17. The average molecular weight is 415 g/mol. The second-order valence-corrected chi connectivity index (χ2v) is 7.10. The molecule has 9 heteroatoms. The Hall–Kier alpha value is -3.10. The first-order valence-electron chi connectivity index (χ1n) is 8.15. The summed E-state index contributed by atoms with van der Waals surface area (Å²) in [6.07, 6.45) is 3.44. The van der Waals surface area contributed by atoms with E-state index in [0.29, 0.717) is 5.02 Å². The first-order chi connectivity index (χ1) is 13.5. The number of nitro groups is 1. The second-order valence-electron chi connectivity index (χ2n) is 5.61. The minimum Gasteiger partial charge on any atom is -0.316 e. The highest BCUT2D eigenvalue weighted by molar-refractivity contribution is 8.00. The molecule has 0 atom stereocenters. The standard InChI is InChI=1S/C19H15ClN4O3S/c20-14-3-5-15(6-4-14)23-11-1-2-17(23)12-21-22-19(25)13-28-18-9-7-16(8-10-18)24(26)27/h1-12H,13H2,(H,22,25). The fraction of sp³-hybridized carbons (Fsp3) is 0.0526. The summed E-state index contributed by atoms with van der Waals surface area (Å²) in [4.78, 5) is 22.9. The Morgan fingerprint density at radius 3 is 2.57 bits per heavy atom. The number of benzene rings is 2. The summed E-state index contributed by atoms with van der Waals surface area (Å²) in [7, 11) is 0. The number of rotatable bonds is 7. The van der Waals surface area contributed by atoms with E-state index in [0.717, 1.165) is 16.3 Å². The zero-order chi connectivity index (χ0) is 19.9. The molecule has 142 valence electrons. The maximum atomic E-state index is 11.9. The summed E-state index contributed by atoms with van der Waals surface area (Å²) < 4.78 is 1.91. The molecule has 0 aliphatic rings. The lowest BCUT2D eigenvalue weighted by Crippen LogP contribution is -2.19. The number of nitrogens with zero attached hydrogens (tertiary/aromatic N) is 3. The van der Waals surface area contributed by atoms with Crippen molar-refractivity contribution in [2.45, 2.75) is 4.90 Å². The number of aromatic nitrogens is 1. The molecule has 1 amide bonds. The fourth-order valence-electron chi connectivity index (χ4n) is 2.35. The third-order valence-corrected chi connectivity index (χ3v) is 4.95. The van der Waals surface area contributed by atoms with E-state index >= 15 is 0 Å². The number of carbonyl (C=O) groups excluding carboxylic acids is 1. The van der Waals surface area contributed by atoms with Crippen LogP contribution in [0.3, 0.4) is 0 Å². The average Bonchev–Trinajstić information content (AvgIpc) is 3.16. The molecule has 0 aliphatic heterocycles. The zero-order valence-corrected chi connectivity index (χ0v) is 16.1. The number of halogens is 1. The lowest BCUT2D eigenvalue weighted by molar-refractivity contribution is -0.384. The van der Waals surface area contributed by atoms with Crippen molar-refractivity contribution >= 4 is 41.2 Å². The van der Waals surface area contributed by atoms with Crippen molar-refractivity contribution in [2.24, 2.45) is 5.10 Å². The van der Waals surface area contributed by atoms with Gasteiger partial charge in [0.1, 0.15) is 0 Å². The van der Waals surface area contributed by atoms with E-state index in [-0.39, 0.29) is 17.3 Å². The molecule has 28 heavy (non-hydrogen) atoms. The lowest BCUT2D eigenvalue weighted by Gasteiger charge is -2.06. The monoisotopic (exact) mass is 414 g/mol. The van der Waals surface area contributed by atoms with E-state index in [9.17, 15) is 14.9 Å². The molecule has 3 aromatic rings. The maximum Gasteiger partial charge on any atom is 0.269 e. The van der Waals surface area contributed by atoms with Crippen LogP contribution in [0.2, 0.25) is 5.02 Å². The molecule has 1 N–H and O–H groups in total. The number of carbonyl (C=O) groups is 1. The Labute approximate surface area is 170 Å². The summed E-state index contributed by atoms with van der Waals surface area (Å²) >= 11 is 7.18. The molecule has 0 aliphatic carbocycles. The first kappa shape index (κ1) is 19.7. The number of amides is 1. The summed E-state index contributed by atoms with van der Waals surface area (Å²) in [6.45, 7) is 0. The molecule has 0 spiro atoms. The van der Waals surface area contributed by atoms with Gasteiger partial charge in [-0.3, -0.25) is 14.9 Å². The number of nitro benzene ring substituents is 1. The van der Waals surface area contributed by atoms with Gasteiger partial charge in [-0.15, -0.1) is 11.8 Å². The van der Waals surface area contributed by atoms with Crippen molar-refractivity contribution in [1.82, 2.24) is 9.99 Å². The van der Waals surface area contributed by atoms with Crippen molar-refractivity contribution in [3.63, 3.8) is 0 Å². The third-order valence-electron chi connectivity index (χ3n) is 3.69. The van der Waals surface area contributed by atoms with Crippen LogP contribution in [-0.4, -0.2) is 27.4 Å². The topological polar surface area (TPSA) is 89.5 Å². The predicted octanol–water partition coefficient (Wildman–Crippen LogP) is 4.28. The molecule has 0 fully saturated rings. The van der Waals surface area contributed by atoms with E-state index in [2.05, 4.69) is 10.5 Å². The van der Waals surface area contributed by atoms with Crippen LogP contribution in [0.15, 0.2) is 76.9 Å². The number of hydrogen-bond donors (Lipinski definition) is 1. The molecule has 0 radical (unpaired) electrons. The number of hydrazone groups is 1. The Morgan fingerprint density at radius 1 is 1.18 bits per heavy atom. The number of hydrogen-bond acceptors (Lipinski definition) is 5. The number of nitrogens with one attached hydrogen (secondary N) is 1. The van der Waals surface area contributed by atoms with Gasteiger partial charge in [0.2, 0.25) is 5.91 Å². The van der Waals surface area contributed by atoms with Crippen LogP contribution in [0.5, 0.6) is 0 Å². The van der Waals surface area contributed by atoms with Crippen LogP contribution in [0.25, 0.3) is 5.69 Å². The number of thioether (sulfide) groups is 1. The van der Waals surface area contributed by atoms with Gasteiger partial charge >= 0.3 is 0 Å². The smallest absolute Gasteiger partial charge is 0.269 e. The van der Waals surface area contributed by atoms with Gasteiger partial charge in [-0.05, 0) is 48.5 Å². The van der Waals surface area contributed by atoms with Crippen molar-refractivity contribution < 1.29 is 9.72 Å². The SMILES string of the molecule is O=C(CSc1ccc([N+](=O)[O-])cc1)NN=Cc1cccn1-c1ccc(Cl)cc1. The first-order valence-corrected chi connectivity index (χ1v) is 9.52. The zero-order valence-electron chi connectivity index (χ0n) is 14.5. The van der Waals surface area contributed by atoms with Crippen LogP contribution in [0.1, 0.15) is 5.69 Å². The number of non-ortho nitro benzene ring substituents is 1. The highest BCUT2D eigenvalue weighted by atomic mass is 35.5. The van der Waals surface area contributed by atoms with Crippen molar-refractivity contribution in [3.05, 3.63) is 87.7 Å². The molecule has 2 aromatic carbocycles. The summed E-state index contributed by atoms with van der Waals surface area (Å²) in [5, 5.41) is 15.3. The van der Waals surface area contributed by atoms with Crippen LogP contribution >= 0.6 is 23.4 Å². The predicted molar refractivity (Wildman–Crippen MR) is 110 cm³/mol. The maximum absolute atomic E-state index is 11.9. The van der Waals surface area contributed by atoms with Crippen molar-refractivity contribution in [3.8, 4) is 5.69 Å². The van der Waals surface area contributed by atoms with Gasteiger partial charge in [0, 0.05) is 33.9 Å². The minimum absolute atomic E-state index is 0.0158. The van der Waals surface area contributed by atoms with Gasteiger partial charge in [-0.1, -0.05) is 11.6 Å². The van der Waals surface area contributed by atoms with E-state index < -0.39 is 4.92 Å². The molecule has 7 nitrogen and oxygen atoms in total. The third kappa shape index (κ3) is 5.21. The summed E-state index contributed by atoms with van der Waals surface area (Å²) in [6, 6.07) is 17.2. The van der Waals surface area contributed by atoms with Crippen LogP contribution in [0.4, 0.5) is 5.69 Å². The molecule has 1 aromatic heterocycles. The van der Waals surface area contributed by atoms with Crippen LogP contribution < -0.4 is 5.43 Å². The van der Waals surface area contributed by atoms with Gasteiger partial charge in [0.05, 0.1) is 22.6 Å². The normalized spacial score (nSPS) is 10.9. The molecule has 0 saturated carbocycles. The molecular weight excluding hydrogens is 400 g/mol. The van der Waals surface area contributed by atoms with Crippen molar-refractivity contribution in [1.29, 1.82) is 0 Å². The van der Waals surface area contributed by atoms with E-state index in [4.69, 9.17) is 11.6 Å². The lowest BCUT2D eigenvalue weighted by atomic mass is 10.3. The molecule has 0 bridgehead atoms. The highest BCUT2D eigenvalue weighted by Gasteiger charge is 2.06. The second kappa shape index (κ2) is 9.20. The van der Waals surface area contributed by atoms with Gasteiger partial charge in [0.25, 0.3) is 5.69 Å². The minimum atomic E-state index is -0.463. The molecule has 1 heterocycles. The highest BCUT2D eigenvalue weighted by Crippen LogP contribution is 2.21. The Bertz CT molecular complexity index is 1000. The largest absolute Gasteiger partial charge is 0.316 e. The molecule has 3 rings (SSSR count). The van der Waals surface area contributed by atoms with Crippen LogP contribution in [0, 0.1) is 10.1 Å². The molecule has 0 unspecified atom stereocenters. The van der Waals surface area contributed by atoms with Crippen molar-refractivity contribution in [2.75, 3.05) is 5.75 Å². The quantitative estimate of drug-likeness (QED) is 0.270. The molecular formula is C19H15ClN4O3S. The Kier molecular flexibility index (Phi) is 6.46. The van der Waals surface area contributed by atoms with Gasteiger partial charge < -0.3 is 4.57 Å². The van der Waals surface area contributed by atoms with Gasteiger partial charge in [-0.2, -0.15) is 5.10 Å². The van der Waals surface area contributed by atoms with E-state index in [1.165, 1.54) is 23.9 Å². The Morgan fingerprint density at radius 2 is 1.89 bits per heavy atom. The van der Waals surface area contributed by atoms with Gasteiger partial charge in [-0.25, -0.2) is 5.43 Å². The Balaban J connectivity index is 1.53. The van der Waals surface area contributed by atoms with Gasteiger partial charge in [0.15, 0.2) is 0 Å².